The first-order valence-corrected chi connectivity index (χ1v) is 15.6. The van der Waals surface area contributed by atoms with Gasteiger partial charge in [-0.3, -0.25) is 0 Å². The molecule has 1 aromatic carbocycles. The van der Waals surface area contributed by atoms with Crippen LogP contribution in [0.3, 0.4) is 0 Å². The maximum absolute atomic E-state index is 12.7. The summed E-state index contributed by atoms with van der Waals surface area (Å²) in [6, 6.07) is 8.44. The van der Waals surface area contributed by atoms with Gasteiger partial charge in [0, 0.05) is 18.8 Å². The number of carbonyl (C=O) groups is 1. The molecule has 0 saturated carbocycles. The first kappa shape index (κ1) is 26.2. The molecule has 1 saturated heterocycles. The van der Waals surface area contributed by atoms with Gasteiger partial charge < -0.3 is 18.7 Å². The van der Waals surface area contributed by atoms with Crippen LogP contribution in [0.25, 0.3) is 0 Å². The van der Waals surface area contributed by atoms with Crippen LogP contribution in [-0.2, 0) is 28.5 Å². The zero-order valence-corrected chi connectivity index (χ0v) is 21.5. The summed E-state index contributed by atoms with van der Waals surface area (Å²) in [5, 5.41) is 0.0235. The lowest BCUT2D eigenvalue weighted by molar-refractivity contribution is -0.167. The highest BCUT2D eigenvalue weighted by molar-refractivity contribution is 7.91. The maximum atomic E-state index is 12.7. The Morgan fingerprint density at radius 1 is 1.13 bits per heavy atom. The molecule has 2 rings (SSSR count). The molecule has 176 valence electrons. The van der Waals surface area contributed by atoms with Crippen molar-refractivity contribution in [1.29, 1.82) is 0 Å². The van der Waals surface area contributed by atoms with Crippen molar-refractivity contribution in [3.8, 4) is 0 Å². The van der Waals surface area contributed by atoms with Crippen LogP contribution in [0.4, 0.5) is 0 Å². The summed E-state index contributed by atoms with van der Waals surface area (Å²) in [7, 11) is -5.51. The van der Waals surface area contributed by atoms with Gasteiger partial charge in [-0.1, -0.05) is 45.9 Å². The van der Waals surface area contributed by atoms with E-state index in [9.17, 15) is 13.2 Å². The number of hydrogen-bond acceptors (Lipinski definition) is 6. The summed E-state index contributed by atoms with van der Waals surface area (Å²) < 4.78 is 43.9. The topological polar surface area (TPSA) is 78.9 Å². The fraction of sp³-hybridized carbons (Fsp3) is 0.696. The fourth-order valence-corrected chi connectivity index (χ4v) is 6.21. The molecule has 0 N–H and O–H groups in total. The van der Waals surface area contributed by atoms with E-state index in [0.29, 0.717) is 31.0 Å². The number of sulfone groups is 1. The summed E-state index contributed by atoms with van der Waals surface area (Å²) >= 11 is 0. The Bertz CT molecular complexity index is 810. The van der Waals surface area contributed by atoms with Crippen molar-refractivity contribution in [2.75, 3.05) is 19.0 Å². The van der Waals surface area contributed by atoms with Gasteiger partial charge in [0.25, 0.3) is 0 Å². The second-order valence-electron chi connectivity index (χ2n) is 9.94. The molecule has 1 aromatic rings. The molecule has 0 aliphatic carbocycles. The molecule has 31 heavy (non-hydrogen) atoms. The molecule has 2 atom stereocenters. The molecule has 1 heterocycles. The molecule has 0 amide bonds. The number of carbonyl (C=O) groups excluding carboxylic acids is 1. The Labute approximate surface area is 188 Å². The number of benzene rings is 1. The van der Waals surface area contributed by atoms with E-state index < -0.39 is 23.9 Å². The van der Waals surface area contributed by atoms with E-state index in [1.807, 2.05) is 6.92 Å². The molecular weight excluding hydrogens is 432 g/mol. The second-order valence-corrected chi connectivity index (χ2v) is 16.8. The largest absolute Gasteiger partial charge is 0.413 e. The summed E-state index contributed by atoms with van der Waals surface area (Å²) in [5.41, 5.74) is 0. The summed E-state index contributed by atoms with van der Waals surface area (Å²) in [4.78, 5) is 11.9. The molecule has 1 aliphatic heterocycles. The van der Waals surface area contributed by atoms with E-state index >= 15 is 0 Å². The number of rotatable bonds is 11. The number of aldehydes is 1. The van der Waals surface area contributed by atoms with Crippen LogP contribution >= 0.6 is 0 Å². The van der Waals surface area contributed by atoms with E-state index in [4.69, 9.17) is 13.9 Å². The van der Waals surface area contributed by atoms with Gasteiger partial charge in [-0.25, -0.2) is 8.42 Å². The lowest BCUT2D eigenvalue weighted by atomic mass is 9.97. The normalized spacial score (nSPS) is 19.2. The van der Waals surface area contributed by atoms with Crippen molar-refractivity contribution in [2.24, 2.45) is 5.92 Å². The molecule has 0 radical (unpaired) electrons. The van der Waals surface area contributed by atoms with Crippen molar-refractivity contribution in [2.45, 2.75) is 81.9 Å². The lowest BCUT2D eigenvalue weighted by Crippen LogP contribution is -2.46. The number of hydrogen-bond donors (Lipinski definition) is 0. The Kier molecular flexibility index (Phi) is 8.66. The van der Waals surface area contributed by atoms with Gasteiger partial charge in [0.05, 0.1) is 30.0 Å². The molecule has 0 aromatic heterocycles. The van der Waals surface area contributed by atoms with Crippen LogP contribution in [0, 0.1) is 5.92 Å². The molecule has 0 unspecified atom stereocenters. The molecule has 0 spiro atoms. The minimum Gasteiger partial charge on any atom is -0.413 e. The van der Waals surface area contributed by atoms with E-state index in [0.717, 1.165) is 6.29 Å². The molecule has 8 heteroatoms. The summed E-state index contributed by atoms with van der Waals surface area (Å²) in [6.45, 7) is 13.6. The monoisotopic (exact) mass is 470 g/mol. The first-order valence-electron chi connectivity index (χ1n) is 11.0. The highest BCUT2D eigenvalue weighted by Gasteiger charge is 2.42. The third kappa shape index (κ3) is 6.96. The SMILES string of the molecule is C[C@@H](C=O)[C@H](CCC1(CCS(=O)(=O)c2ccccc2)OCCO1)O[Si](C)(C)C(C)(C)C. The standard InChI is InChI=1S/C23H38O6SSi/c1-19(18-24)21(29-31(5,6)22(2,3)4)12-13-23(27-15-16-28-23)14-17-30(25,26)20-10-8-7-9-11-20/h7-11,18-19,21H,12-17H2,1-6H3/t19-,21-/m0/s1. The average molecular weight is 471 g/mol. The highest BCUT2D eigenvalue weighted by Crippen LogP contribution is 2.39. The van der Waals surface area contributed by atoms with Gasteiger partial charge in [0.1, 0.15) is 6.29 Å². The third-order valence-corrected chi connectivity index (χ3v) is 12.8. The minimum absolute atomic E-state index is 0.0235. The predicted octanol–water partition coefficient (Wildman–Crippen LogP) is 4.60. The first-order chi connectivity index (χ1) is 14.3. The Morgan fingerprint density at radius 2 is 1.71 bits per heavy atom. The average Bonchev–Trinajstić information content (AvgIpc) is 3.18. The third-order valence-electron chi connectivity index (χ3n) is 6.53. The number of ether oxygens (including phenoxy) is 2. The van der Waals surface area contributed by atoms with Crippen LogP contribution in [-0.4, -0.2) is 53.9 Å². The van der Waals surface area contributed by atoms with Crippen molar-refractivity contribution < 1.29 is 27.1 Å². The van der Waals surface area contributed by atoms with Gasteiger partial charge in [-0.15, -0.1) is 0 Å². The minimum atomic E-state index is -3.43. The molecule has 0 bridgehead atoms. The molecule has 6 nitrogen and oxygen atoms in total. The van der Waals surface area contributed by atoms with Crippen molar-refractivity contribution >= 4 is 24.4 Å². The Balaban J connectivity index is 2.10. The fourth-order valence-electron chi connectivity index (χ4n) is 3.38. The summed E-state index contributed by atoms with van der Waals surface area (Å²) in [6.07, 6.45) is 1.97. The maximum Gasteiger partial charge on any atom is 0.192 e. The smallest absolute Gasteiger partial charge is 0.192 e. The highest BCUT2D eigenvalue weighted by atomic mass is 32.2. The Morgan fingerprint density at radius 3 is 2.23 bits per heavy atom. The van der Waals surface area contributed by atoms with E-state index in [2.05, 4.69) is 33.9 Å². The van der Waals surface area contributed by atoms with Crippen molar-refractivity contribution in [1.82, 2.24) is 0 Å². The quantitative estimate of drug-likeness (QED) is 0.347. The molecule has 1 aliphatic rings. The van der Waals surface area contributed by atoms with Crippen LogP contribution < -0.4 is 0 Å². The van der Waals surface area contributed by atoms with Gasteiger partial charge in [-0.2, -0.15) is 0 Å². The van der Waals surface area contributed by atoms with Gasteiger partial charge in [-0.05, 0) is 36.7 Å². The van der Waals surface area contributed by atoms with Crippen molar-refractivity contribution in [3.05, 3.63) is 30.3 Å². The lowest BCUT2D eigenvalue weighted by Gasteiger charge is -2.41. The van der Waals surface area contributed by atoms with Crippen LogP contribution in [0.1, 0.15) is 47.0 Å². The molecular formula is C23H38O6SSi. The van der Waals surface area contributed by atoms with Gasteiger partial charge in [0.2, 0.25) is 0 Å². The van der Waals surface area contributed by atoms with Crippen LogP contribution in [0.5, 0.6) is 0 Å². The van der Waals surface area contributed by atoms with Crippen LogP contribution in [0.15, 0.2) is 35.2 Å². The van der Waals surface area contributed by atoms with E-state index in [-0.39, 0.29) is 29.2 Å². The van der Waals surface area contributed by atoms with Gasteiger partial charge >= 0.3 is 0 Å². The van der Waals surface area contributed by atoms with E-state index in [1.54, 1.807) is 30.3 Å². The van der Waals surface area contributed by atoms with Gasteiger partial charge in [0.15, 0.2) is 23.9 Å². The van der Waals surface area contributed by atoms with Crippen molar-refractivity contribution in [3.63, 3.8) is 0 Å². The summed E-state index contributed by atoms with van der Waals surface area (Å²) in [5.74, 6) is -1.28. The zero-order valence-electron chi connectivity index (χ0n) is 19.7. The van der Waals surface area contributed by atoms with E-state index in [1.165, 1.54) is 0 Å². The predicted molar refractivity (Wildman–Crippen MR) is 124 cm³/mol. The molecule has 1 fully saturated rings. The zero-order chi connectivity index (χ0) is 23.3. The Hall–Kier alpha value is -1.06. The second kappa shape index (κ2) is 10.3. The van der Waals surface area contributed by atoms with Crippen LogP contribution in [0.2, 0.25) is 18.1 Å².